The van der Waals surface area contributed by atoms with E-state index in [0.29, 0.717) is 6.04 Å². The summed E-state index contributed by atoms with van der Waals surface area (Å²) in [6.07, 6.45) is 2.45. The summed E-state index contributed by atoms with van der Waals surface area (Å²) < 4.78 is 0. The fraction of sp³-hybridized carbons (Fsp3) is 1.00. The van der Waals surface area contributed by atoms with Crippen molar-refractivity contribution >= 4 is 0 Å². The normalized spacial score (nSPS) is 27.8. The van der Waals surface area contributed by atoms with E-state index in [1.807, 2.05) is 13.8 Å². The summed E-state index contributed by atoms with van der Waals surface area (Å²) in [5.41, 5.74) is -0.203. The van der Waals surface area contributed by atoms with Gasteiger partial charge in [0.05, 0.1) is 5.60 Å². The Morgan fingerprint density at radius 3 is 2.55 bits per heavy atom. The maximum absolute atomic E-state index is 5.22. The average Bonchev–Trinajstić information content (AvgIpc) is 2.36. The van der Waals surface area contributed by atoms with Gasteiger partial charge < -0.3 is 4.90 Å². The van der Waals surface area contributed by atoms with Crippen LogP contribution in [0.2, 0.25) is 0 Å². The molecule has 1 heterocycles. The first-order chi connectivity index (χ1) is 5.08. The minimum Gasteiger partial charge on any atom is -0.300 e. The van der Waals surface area contributed by atoms with Gasteiger partial charge in [-0.25, -0.2) is 5.90 Å². The molecule has 0 aromatic rings. The smallest absolute Gasteiger partial charge is 0.0991 e. The van der Waals surface area contributed by atoms with Gasteiger partial charge in [0.1, 0.15) is 0 Å². The molecule has 0 spiro atoms. The van der Waals surface area contributed by atoms with Crippen molar-refractivity contribution in [3.63, 3.8) is 0 Å². The molecule has 3 nitrogen and oxygen atoms in total. The van der Waals surface area contributed by atoms with E-state index in [1.54, 1.807) is 0 Å². The largest absolute Gasteiger partial charge is 0.300 e. The summed E-state index contributed by atoms with van der Waals surface area (Å²) in [4.78, 5) is 7.26. The maximum atomic E-state index is 5.22. The van der Waals surface area contributed by atoms with E-state index >= 15 is 0 Å². The van der Waals surface area contributed by atoms with E-state index in [0.717, 1.165) is 6.54 Å². The molecule has 1 atom stereocenters. The Morgan fingerprint density at radius 1 is 1.55 bits per heavy atom. The van der Waals surface area contributed by atoms with Gasteiger partial charge in [0.25, 0.3) is 0 Å². The third-order valence-electron chi connectivity index (χ3n) is 2.63. The van der Waals surface area contributed by atoms with E-state index in [1.165, 1.54) is 12.8 Å². The molecule has 1 fully saturated rings. The highest BCUT2D eigenvalue weighted by Crippen LogP contribution is 2.26. The maximum Gasteiger partial charge on any atom is 0.0991 e. The van der Waals surface area contributed by atoms with Crippen LogP contribution < -0.4 is 5.90 Å². The zero-order chi connectivity index (χ0) is 8.48. The molecule has 11 heavy (non-hydrogen) atoms. The molecule has 66 valence electrons. The Bertz CT molecular complexity index is 136. The molecule has 1 saturated heterocycles. The second-order valence-electron chi connectivity index (χ2n) is 3.86. The number of nitrogens with two attached hydrogens (primary N) is 1. The van der Waals surface area contributed by atoms with Crippen molar-refractivity contribution in [1.82, 2.24) is 4.90 Å². The van der Waals surface area contributed by atoms with Crippen molar-refractivity contribution in [1.29, 1.82) is 0 Å². The Labute approximate surface area is 68.5 Å². The summed E-state index contributed by atoms with van der Waals surface area (Å²) in [5.74, 6) is 5.22. The molecule has 0 aromatic heterocycles. The van der Waals surface area contributed by atoms with E-state index in [2.05, 4.69) is 11.9 Å². The van der Waals surface area contributed by atoms with Crippen LogP contribution in [0, 0.1) is 0 Å². The van der Waals surface area contributed by atoms with Crippen LogP contribution in [0.15, 0.2) is 0 Å². The molecule has 1 aliphatic heterocycles. The predicted molar refractivity (Wildman–Crippen MR) is 45.0 cm³/mol. The number of nitrogens with zero attached hydrogens (tertiary/aromatic N) is 1. The fourth-order valence-electron chi connectivity index (χ4n) is 1.87. The second-order valence-corrected chi connectivity index (χ2v) is 3.86. The molecule has 0 aromatic carbocycles. The van der Waals surface area contributed by atoms with E-state index < -0.39 is 0 Å². The van der Waals surface area contributed by atoms with Gasteiger partial charge in [-0.05, 0) is 40.3 Å². The molecule has 2 N–H and O–H groups in total. The zero-order valence-electron chi connectivity index (χ0n) is 7.63. The van der Waals surface area contributed by atoms with E-state index in [9.17, 15) is 0 Å². The van der Waals surface area contributed by atoms with Crippen LogP contribution in [-0.2, 0) is 4.84 Å². The Balaban J connectivity index is 2.58. The van der Waals surface area contributed by atoms with Crippen LogP contribution in [0.5, 0.6) is 0 Å². The summed E-state index contributed by atoms with van der Waals surface area (Å²) in [7, 11) is 2.12. The molecule has 1 aliphatic rings. The monoisotopic (exact) mass is 158 g/mol. The number of hydrogen-bond donors (Lipinski definition) is 1. The fourth-order valence-corrected chi connectivity index (χ4v) is 1.87. The third kappa shape index (κ3) is 1.72. The quantitative estimate of drug-likeness (QED) is 0.603. The van der Waals surface area contributed by atoms with E-state index in [-0.39, 0.29) is 5.60 Å². The average molecular weight is 158 g/mol. The Morgan fingerprint density at radius 2 is 2.18 bits per heavy atom. The van der Waals surface area contributed by atoms with Crippen LogP contribution in [0.25, 0.3) is 0 Å². The van der Waals surface area contributed by atoms with Crippen molar-refractivity contribution in [2.45, 2.75) is 38.3 Å². The van der Waals surface area contributed by atoms with Crippen molar-refractivity contribution in [3.8, 4) is 0 Å². The van der Waals surface area contributed by atoms with Gasteiger partial charge in [0.2, 0.25) is 0 Å². The van der Waals surface area contributed by atoms with Gasteiger partial charge in [-0.15, -0.1) is 0 Å². The van der Waals surface area contributed by atoms with Crippen molar-refractivity contribution < 1.29 is 4.84 Å². The molecule has 0 radical (unpaired) electrons. The molecular weight excluding hydrogens is 140 g/mol. The van der Waals surface area contributed by atoms with Crippen molar-refractivity contribution in [2.75, 3.05) is 13.6 Å². The Hall–Kier alpha value is -0.120. The molecule has 0 aliphatic carbocycles. The van der Waals surface area contributed by atoms with Crippen LogP contribution in [0.4, 0.5) is 0 Å². The standard InChI is InChI=1S/C8H18N2O/c1-8(2,11-9)7-5-4-6-10(7)3/h7H,4-6,9H2,1-3H3. The summed E-state index contributed by atoms with van der Waals surface area (Å²) in [5, 5.41) is 0. The molecule has 1 unspecified atom stereocenters. The molecule has 1 rings (SSSR count). The number of likely N-dealkylation sites (N-methyl/N-ethyl adjacent to an activating group) is 1. The van der Waals surface area contributed by atoms with Crippen LogP contribution in [0.1, 0.15) is 26.7 Å². The number of likely N-dealkylation sites (tertiary alicyclic amines) is 1. The predicted octanol–water partition coefficient (Wildman–Crippen LogP) is 0.749. The second kappa shape index (κ2) is 3.09. The number of rotatable bonds is 2. The highest BCUT2D eigenvalue weighted by molar-refractivity contribution is 4.89. The summed E-state index contributed by atoms with van der Waals surface area (Å²) in [6, 6.07) is 0.479. The van der Waals surface area contributed by atoms with Gasteiger partial charge in [0, 0.05) is 6.04 Å². The van der Waals surface area contributed by atoms with Gasteiger partial charge >= 0.3 is 0 Å². The van der Waals surface area contributed by atoms with Gasteiger partial charge in [0.15, 0.2) is 0 Å². The van der Waals surface area contributed by atoms with Crippen LogP contribution in [-0.4, -0.2) is 30.1 Å². The SMILES string of the molecule is CN1CCCC1C(C)(C)ON. The lowest BCUT2D eigenvalue weighted by molar-refractivity contribution is -0.0663. The molecular formula is C8H18N2O. The van der Waals surface area contributed by atoms with E-state index in [4.69, 9.17) is 10.7 Å². The molecule has 0 bridgehead atoms. The zero-order valence-corrected chi connectivity index (χ0v) is 7.63. The van der Waals surface area contributed by atoms with Crippen LogP contribution >= 0.6 is 0 Å². The molecule has 0 saturated carbocycles. The van der Waals surface area contributed by atoms with Crippen molar-refractivity contribution in [2.24, 2.45) is 5.90 Å². The third-order valence-corrected chi connectivity index (χ3v) is 2.63. The number of hydrogen-bond acceptors (Lipinski definition) is 3. The molecule has 3 heteroatoms. The lowest BCUT2D eigenvalue weighted by Gasteiger charge is -2.33. The first-order valence-corrected chi connectivity index (χ1v) is 4.16. The van der Waals surface area contributed by atoms with Gasteiger partial charge in [-0.1, -0.05) is 0 Å². The minimum atomic E-state index is -0.203. The summed E-state index contributed by atoms with van der Waals surface area (Å²) >= 11 is 0. The summed E-state index contributed by atoms with van der Waals surface area (Å²) in [6.45, 7) is 5.25. The van der Waals surface area contributed by atoms with Crippen molar-refractivity contribution in [3.05, 3.63) is 0 Å². The highest BCUT2D eigenvalue weighted by Gasteiger charge is 2.35. The van der Waals surface area contributed by atoms with Gasteiger partial charge in [-0.3, -0.25) is 4.84 Å². The first kappa shape index (κ1) is 8.97. The molecule has 0 amide bonds. The first-order valence-electron chi connectivity index (χ1n) is 4.16. The van der Waals surface area contributed by atoms with Crippen LogP contribution in [0.3, 0.4) is 0 Å². The minimum absolute atomic E-state index is 0.203. The topological polar surface area (TPSA) is 38.5 Å². The lowest BCUT2D eigenvalue weighted by Crippen LogP contribution is -2.47. The lowest BCUT2D eigenvalue weighted by atomic mass is 9.97. The highest BCUT2D eigenvalue weighted by atomic mass is 16.6. The Kier molecular flexibility index (Phi) is 2.52. The van der Waals surface area contributed by atoms with Gasteiger partial charge in [-0.2, -0.15) is 0 Å².